The summed E-state index contributed by atoms with van der Waals surface area (Å²) < 4.78 is 5.22. The smallest absolute Gasteiger partial charge is 0.311 e. The standard InChI is InChI=1S/C15H24O3/c1-11(10-18-14(17)15(2,3)4)12-8-6-5-7-9-13(12)16/h12H,1,5-10H2,2-4H3. The molecule has 0 N–H and O–H groups in total. The third-order valence-electron chi connectivity index (χ3n) is 3.30. The maximum absolute atomic E-state index is 11.9. The van der Waals surface area contributed by atoms with Crippen LogP contribution in [-0.2, 0) is 14.3 Å². The zero-order valence-corrected chi connectivity index (χ0v) is 11.8. The van der Waals surface area contributed by atoms with E-state index < -0.39 is 5.41 Å². The highest BCUT2D eigenvalue weighted by Crippen LogP contribution is 2.26. The molecule has 0 spiro atoms. The summed E-state index contributed by atoms with van der Waals surface area (Å²) in [4.78, 5) is 23.5. The van der Waals surface area contributed by atoms with Crippen LogP contribution in [0.5, 0.6) is 0 Å². The maximum atomic E-state index is 11.9. The SMILES string of the molecule is C=C(COC(=O)C(C)(C)C)C1CCCCCC1=O. The van der Waals surface area contributed by atoms with Crippen LogP contribution in [0.3, 0.4) is 0 Å². The lowest BCUT2D eigenvalue weighted by molar-refractivity contribution is -0.152. The van der Waals surface area contributed by atoms with Crippen LogP contribution in [0.15, 0.2) is 12.2 Å². The van der Waals surface area contributed by atoms with E-state index in [1.54, 1.807) is 0 Å². The molecule has 0 heterocycles. The molecule has 1 aliphatic carbocycles. The number of ketones is 1. The first-order valence-electron chi connectivity index (χ1n) is 6.70. The van der Waals surface area contributed by atoms with Crippen molar-refractivity contribution in [1.29, 1.82) is 0 Å². The van der Waals surface area contributed by atoms with Crippen molar-refractivity contribution in [3.05, 3.63) is 12.2 Å². The lowest BCUT2D eigenvalue weighted by atomic mass is 9.91. The van der Waals surface area contributed by atoms with Gasteiger partial charge in [0.15, 0.2) is 0 Å². The minimum absolute atomic E-state index is 0.111. The number of ether oxygens (including phenoxy) is 1. The Morgan fingerprint density at radius 1 is 1.33 bits per heavy atom. The molecule has 1 fully saturated rings. The van der Waals surface area contributed by atoms with Crippen LogP contribution in [0.25, 0.3) is 0 Å². The number of carbonyl (C=O) groups excluding carboxylic acids is 2. The van der Waals surface area contributed by atoms with Crippen molar-refractivity contribution in [2.24, 2.45) is 11.3 Å². The molecular formula is C15H24O3. The summed E-state index contributed by atoms with van der Waals surface area (Å²) in [5.41, 5.74) is 0.243. The van der Waals surface area contributed by atoms with Gasteiger partial charge in [-0.15, -0.1) is 0 Å². The monoisotopic (exact) mass is 252 g/mol. The first-order chi connectivity index (χ1) is 8.32. The topological polar surface area (TPSA) is 43.4 Å². The summed E-state index contributed by atoms with van der Waals surface area (Å²) in [6, 6.07) is 0. The molecule has 18 heavy (non-hydrogen) atoms. The minimum Gasteiger partial charge on any atom is -0.461 e. The normalized spacial score (nSPS) is 21.3. The van der Waals surface area contributed by atoms with E-state index in [0.717, 1.165) is 31.3 Å². The predicted molar refractivity (Wildman–Crippen MR) is 71.1 cm³/mol. The van der Waals surface area contributed by atoms with Crippen molar-refractivity contribution in [3.63, 3.8) is 0 Å². The Labute approximate surface area is 110 Å². The van der Waals surface area contributed by atoms with Crippen molar-refractivity contribution in [1.82, 2.24) is 0 Å². The highest BCUT2D eigenvalue weighted by Gasteiger charge is 2.26. The van der Waals surface area contributed by atoms with E-state index in [9.17, 15) is 9.59 Å². The Bertz CT molecular complexity index is 336. The Kier molecular flexibility index (Phi) is 5.12. The average Bonchev–Trinajstić information content (AvgIpc) is 2.49. The third kappa shape index (κ3) is 4.28. The fraction of sp³-hybridized carbons (Fsp3) is 0.733. The molecule has 0 aromatic heterocycles. The second kappa shape index (κ2) is 6.17. The van der Waals surface area contributed by atoms with Crippen molar-refractivity contribution >= 4 is 11.8 Å². The van der Waals surface area contributed by atoms with Crippen LogP contribution < -0.4 is 0 Å². The van der Waals surface area contributed by atoms with Gasteiger partial charge in [-0.2, -0.15) is 0 Å². The van der Waals surface area contributed by atoms with Crippen LogP contribution in [0, 0.1) is 11.3 Å². The van der Waals surface area contributed by atoms with Crippen molar-refractivity contribution in [2.45, 2.75) is 52.9 Å². The summed E-state index contributed by atoms with van der Waals surface area (Å²) in [6.45, 7) is 9.54. The van der Waals surface area contributed by atoms with E-state index >= 15 is 0 Å². The summed E-state index contributed by atoms with van der Waals surface area (Å²) >= 11 is 0. The number of rotatable bonds is 3. The predicted octanol–water partition coefficient (Wildman–Crippen LogP) is 3.28. The zero-order valence-electron chi connectivity index (χ0n) is 11.8. The molecule has 102 valence electrons. The maximum Gasteiger partial charge on any atom is 0.311 e. The van der Waals surface area contributed by atoms with Gasteiger partial charge in [0, 0.05) is 12.3 Å². The fourth-order valence-corrected chi connectivity index (χ4v) is 2.07. The molecule has 0 aliphatic heterocycles. The molecule has 0 saturated heterocycles. The van der Waals surface area contributed by atoms with Crippen LogP contribution in [0.1, 0.15) is 52.9 Å². The number of esters is 1. The number of carbonyl (C=O) groups is 2. The van der Waals surface area contributed by atoms with E-state index in [4.69, 9.17) is 4.74 Å². The highest BCUT2D eigenvalue weighted by atomic mass is 16.5. The first kappa shape index (κ1) is 14.9. The minimum atomic E-state index is -0.506. The molecule has 0 radical (unpaired) electrons. The Hall–Kier alpha value is -1.12. The molecule has 1 unspecified atom stereocenters. The molecule has 1 rings (SSSR count). The molecule has 1 atom stereocenters. The van der Waals surface area contributed by atoms with Crippen LogP contribution in [0.4, 0.5) is 0 Å². The van der Waals surface area contributed by atoms with Crippen LogP contribution >= 0.6 is 0 Å². The second-order valence-electron chi connectivity index (χ2n) is 6.10. The van der Waals surface area contributed by atoms with E-state index in [2.05, 4.69) is 6.58 Å². The van der Waals surface area contributed by atoms with Gasteiger partial charge >= 0.3 is 5.97 Å². The highest BCUT2D eigenvalue weighted by molar-refractivity contribution is 5.84. The van der Waals surface area contributed by atoms with Gasteiger partial charge in [-0.25, -0.2) is 0 Å². The van der Waals surface area contributed by atoms with Gasteiger partial charge in [-0.1, -0.05) is 19.4 Å². The lowest BCUT2D eigenvalue weighted by Gasteiger charge is -2.20. The Morgan fingerprint density at radius 3 is 2.61 bits per heavy atom. The lowest BCUT2D eigenvalue weighted by Crippen LogP contribution is -2.26. The largest absolute Gasteiger partial charge is 0.461 e. The number of Topliss-reactive ketones (excluding diaryl/α,β-unsaturated/α-hetero) is 1. The summed E-state index contributed by atoms with van der Waals surface area (Å²) in [5.74, 6) is -0.103. The molecule has 3 nitrogen and oxygen atoms in total. The van der Waals surface area contributed by atoms with Crippen molar-refractivity contribution in [3.8, 4) is 0 Å². The van der Waals surface area contributed by atoms with Crippen LogP contribution in [-0.4, -0.2) is 18.4 Å². The molecule has 0 aromatic carbocycles. The summed E-state index contributed by atoms with van der Waals surface area (Å²) in [5, 5.41) is 0. The van der Waals surface area contributed by atoms with Gasteiger partial charge in [0.1, 0.15) is 12.4 Å². The Balaban J connectivity index is 2.49. The zero-order chi connectivity index (χ0) is 13.8. The summed E-state index contributed by atoms with van der Waals surface area (Å²) in [7, 11) is 0. The quantitative estimate of drug-likeness (QED) is 0.440. The third-order valence-corrected chi connectivity index (χ3v) is 3.30. The van der Waals surface area contributed by atoms with Gasteiger partial charge in [0.2, 0.25) is 0 Å². The summed E-state index contributed by atoms with van der Waals surface area (Å²) in [6.07, 6.45) is 4.63. The van der Waals surface area contributed by atoms with Gasteiger partial charge in [0.05, 0.1) is 5.41 Å². The number of hydrogen-bond donors (Lipinski definition) is 0. The number of hydrogen-bond acceptors (Lipinski definition) is 3. The van der Waals surface area contributed by atoms with E-state index in [1.165, 1.54) is 0 Å². The molecular weight excluding hydrogens is 228 g/mol. The second-order valence-corrected chi connectivity index (χ2v) is 6.10. The fourth-order valence-electron chi connectivity index (χ4n) is 2.07. The van der Waals surface area contributed by atoms with Crippen molar-refractivity contribution < 1.29 is 14.3 Å². The van der Waals surface area contributed by atoms with Gasteiger partial charge in [-0.3, -0.25) is 9.59 Å². The van der Waals surface area contributed by atoms with Gasteiger partial charge in [-0.05, 0) is 39.2 Å². The molecule has 3 heteroatoms. The first-order valence-corrected chi connectivity index (χ1v) is 6.70. The molecule has 1 saturated carbocycles. The van der Waals surface area contributed by atoms with Gasteiger partial charge < -0.3 is 4.74 Å². The van der Waals surface area contributed by atoms with Gasteiger partial charge in [0.25, 0.3) is 0 Å². The van der Waals surface area contributed by atoms with E-state index in [1.807, 2.05) is 20.8 Å². The molecule has 0 bridgehead atoms. The van der Waals surface area contributed by atoms with E-state index in [0.29, 0.717) is 6.42 Å². The van der Waals surface area contributed by atoms with Crippen molar-refractivity contribution in [2.75, 3.05) is 6.61 Å². The van der Waals surface area contributed by atoms with E-state index in [-0.39, 0.29) is 24.3 Å². The molecule has 0 amide bonds. The average molecular weight is 252 g/mol. The molecule has 0 aromatic rings. The van der Waals surface area contributed by atoms with Crippen LogP contribution in [0.2, 0.25) is 0 Å². The Morgan fingerprint density at radius 2 is 2.00 bits per heavy atom. The molecule has 1 aliphatic rings.